The summed E-state index contributed by atoms with van der Waals surface area (Å²) in [7, 11) is 1.87. The molecular weight excluding hydrogens is 242 g/mol. The lowest BCUT2D eigenvalue weighted by Crippen LogP contribution is -2.58. The van der Waals surface area contributed by atoms with Crippen LogP contribution in [0.3, 0.4) is 0 Å². The van der Waals surface area contributed by atoms with Crippen molar-refractivity contribution in [2.45, 2.75) is 32.4 Å². The fourth-order valence-corrected chi connectivity index (χ4v) is 2.49. The van der Waals surface area contributed by atoms with Gasteiger partial charge in [-0.3, -0.25) is 9.69 Å². The smallest absolute Gasteiger partial charge is 0.268 e. The second kappa shape index (κ2) is 4.74. The lowest BCUT2D eigenvalue weighted by molar-refractivity contribution is -0.126. The van der Waals surface area contributed by atoms with Crippen molar-refractivity contribution in [3.05, 3.63) is 18.2 Å². The highest BCUT2D eigenvalue weighted by molar-refractivity contribution is 6.01. The maximum atomic E-state index is 12.5. The van der Waals surface area contributed by atoms with Gasteiger partial charge in [0.15, 0.2) is 6.10 Å². The monoisotopic (exact) mass is 263 g/mol. The SMILES string of the molecule is CNCC(C)(C)N1C(=O)C(C)Oc2ccc(N)cc21. The number of nitrogens with two attached hydrogens (primary N) is 1. The molecule has 19 heavy (non-hydrogen) atoms. The highest BCUT2D eigenvalue weighted by Gasteiger charge is 2.40. The molecule has 1 aromatic rings. The third-order valence-corrected chi connectivity index (χ3v) is 3.31. The van der Waals surface area contributed by atoms with E-state index in [2.05, 4.69) is 5.32 Å². The Balaban J connectivity index is 2.52. The van der Waals surface area contributed by atoms with Gasteiger partial charge in [0.2, 0.25) is 0 Å². The molecule has 1 aromatic carbocycles. The molecule has 0 spiro atoms. The topological polar surface area (TPSA) is 67.6 Å². The predicted octanol–water partition coefficient (Wildman–Crippen LogP) is 1.38. The fraction of sp³-hybridized carbons (Fsp3) is 0.500. The summed E-state index contributed by atoms with van der Waals surface area (Å²) in [5.41, 5.74) is 6.84. The summed E-state index contributed by atoms with van der Waals surface area (Å²) in [6.07, 6.45) is -0.479. The van der Waals surface area contributed by atoms with Gasteiger partial charge in [-0.25, -0.2) is 0 Å². The van der Waals surface area contributed by atoms with Crippen molar-refractivity contribution < 1.29 is 9.53 Å². The standard InChI is InChI=1S/C14H21N3O2/c1-9-13(18)17(14(2,3)8-16-4)11-7-10(15)5-6-12(11)19-9/h5-7,9,16H,8,15H2,1-4H3. The highest BCUT2D eigenvalue weighted by atomic mass is 16.5. The molecular formula is C14H21N3O2. The van der Waals surface area contributed by atoms with E-state index in [1.807, 2.05) is 27.0 Å². The number of nitrogens with zero attached hydrogens (tertiary/aromatic N) is 1. The third kappa shape index (κ3) is 2.38. The van der Waals surface area contributed by atoms with Crippen LogP contribution in [-0.4, -0.2) is 31.1 Å². The van der Waals surface area contributed by atoms with Gasteiger partial charge in [-0.05, 0) is 46.0 Å². The zero-order valence-corrected chi connectivity index (χ0v) is 11.9. The number of likely N-dealkylation sites (N-methyl/N-ethyl adjacent to an activating group) is 1. The van der Waals surface area contributed by atoms with Gasteiger partial charge in [-0.15, -0.1) is 0 Å². The average molecular weight is 263 g/mol. The van der Waals surface area contributed by atoms with Crippen LogP contribution in [0.5, 0.6) is 5.75 Å². The van der Waals surface area contributed by atoms with Crippen LogP contribution in [-0.2, 0) is 4.79 Å². The highest BCUT2D eigenvalue weighted by Crippen LogP contribution is 2.39. The summed E-state index contributed by atoms with van der Waals surface area (Å²) in [5, 5.41) is 3.12. The lowest BCUT2D eigenvalue weighted by Gasteiger charge is -2.43. The quantitative estimate of drug-likeness (QED) is 0.808. The molecule has 0 saturated heterocycles. The Kier molecular flexibility index (Phi) is 3.41. The van der Waals surface area contributed by atoms with Crippen molar-refractivity contribution in [2.24, 2.45) is 0 Å². The molecule has 1 aliphatic heterocycles. The van der Waals surface area contributed by atoms with Crippen molar-refractivity contribution in [1.82, 2.24) is 5.32 Å². The van der Waals surface area contributed by atoms with E-state index in [9.17, 15) is 4.79 Å². The number of ether oxygens (including phenoxy) is 1. The molecule has 0 bridgehead atoms. The van der Waals surface area contributed by atoms with E-state index in [1.165, 1.54) is 0 Å². The first-order valence-corrected chi connectivity index (χ1v) is 6.41. The number of fused-ring (bicyclic) bond motifs is 1. The van der Waals surface area contributed by atoms with Gasteiger partial charge in [0.05, 0.1) is 11.2 Å². The van der Waals surface area contributed by atoms with Gasteiger partial charge in [0, 0.05) is 12.2 Å². The number of hydrogen-bond acceptors (Lipinski definition) is 4. The van der Waals surface area contributed by atoms with Crippen LogP contribution in [0, 0.1) is 0 Å². The first kappa shape index (κ1) is 13.7. The zero-order chi connectivity index (χ0) is 14.2. The lowest BCUT2D eigenvalue weighted by atomic mass is 9.98. The second-order valence-corrected chi connectivity index (χ2v) is 5.50. The van der Waals surface area contributed by atoms with Gasteiger partial charge in [0.1, 0.15) is 5.75 Å². The van der Waals surface area contributed by atoms with E-state index < -0.39 is 6.10 Å². The maximum Gasteiger partial charge on any atom is 0.268 e. The van der Waals surface area contributed by atoms with Crippen molar-refractivity contribution in [2.75, 3.05) is 24.2 Å². The number of carbonyl (C=O) groups is 1. The molecule has 0 aromatic heterocycles. The molecule has 3 N–H and O–H groups in total. The Labute approximate surface area is 113 Å². The molecule has 1 heterocycles. The van der Waals surface area contributed by atoms with Gasteiger partial charge in [-0.1, -0.05) is 0 Å². The first-order chi connectivity index (χ1) is 8.86. The van der Waals surface area contributed by atoms with Crippen LogP contribution in [0.1, 0.15) is 20.8 Å². The van der Waals surface area contributed by atoms with Gasteiger partial charge >= 0.3 is 0 Å². The van der Waals surface area contributed by atoms with Crippen LogP contribution >= 0.6 is 0 Å². The molecule has 2 rings (SSSR count). The summed E-state index contributed by atoms with van der Waals surface area (Å²) >= 11 is 0. The zero-order valence-electron chi connectivity index (χ0n) is 11.9. The molecule has 0 radical (unpaired) electrons. The molecule has 1 unspecified atom stereocenters. The number of benzene rings is 1. The summed E-state index contributed by atoms with van der Waals surface area (Å²) in [6, 6.07) is 5.39. The Hall–Kier alpha value is -1.75. The number of anilines is 2. The van der Waals surface area contributed by atoms with Gasteiger partial charge in [-0.2, -0.15) is 0 Å². The van der Waals surface area contributed by atoms with E-state index in [4.69, 9.17) is 10.5 Å². The van der Waals surface area contributed by atoms with Crippen molar-refractivity contribution in [3.8, 4) is 5.75 Å². The van der Waals surface area contributed by atoms with Gasteiger partial charge < -0.3 is 15.8 Å². The van der Waals surface area contributed by atoms with Gasteiger partial charge in [0.25, 0.3) is 5.91 Å². The van der Waals surface area contributed by atoms with Crippen LogP contribution in [0.15, 0.2) is 18.2 Å². The van der Waals surface area contributed by atoms with Crippen LogP contribution in [0.2, 0.25) is 0 Å². The number of carbonyl (C=O) groups excluding carboxylic acids is 1. The maximum absolute atomic E-state index is 12.5. The second-order valence-electron chi connectivity index (χ2n) is 5.50. The first-order valence-electron chi connectivity index (χ1n) is 6.41. The van der Waals surface area contributed by atoms with E-state index in [0.29, 0.717) is 18.0 Å². The minimum absolute atomic E-state index is 0.0432. The Bertz CT molecular complexity index is 499. The Morgan fingerprint density at radius 1 is 1.47 bits per heavy atom. The average Bonchev–Trinajstić information content (AvgIpc) is 2.31. The molecule has 0 saturated carbocycles. The minimum Gasteiger partial charge on any atom is -0.479 e. The number of nitrogen functional groups attached to an aromatic ring is 1. The van der Waals surface area contributed by atoms with Crippen molar-refractivity contribution in [3.63, 3.8) is 0 Å². The Morgan fingerprint density at radius 3 is 2.79 bits per heavy atom. The molecule has 1 atom stereocenters. The normalized spacial score (nSPS) is 19.1. The third-order valence-electron chi connectivity index (χ3n) is 3.31. The molecule has 104 valence electrons. The summed E-state index contributed by atoms with van der Waals surface area (Å²) < 4.78 is 5.64. The van der Waals surface area contributed by atoms with Crippen molar-refractivity contribution >= 4 is 17.3 Å². The molecule has 5 heteroatoms. The molecule has 5 nitrogen and oxygen atoms in total. The Morgan fingerprint density at radius 2 is 2.16 bits per heavy atom. The number of rotatable bonds is 3. The molecule has 0 aliphatic carbocycles. The summed E-state index contributed by atoms with van der Waals surface area (Å²) in [4.78, 5) is 14.2. The van der Waals surface area contributed by atoms with Crippen molar-refractivity contribution in [1.29, 1.82) is 0 Å². The number of nitrogens with one attached hydrogen (secondary N) is 1. The molecule has 1 amide bonds. The van der Waals surface area contributed by atoms with E-state index in [0.717, 1.165) is 5.69 Å². The van der Waals surface area contributed by atoms with E-state index in [1.54, 1.807) is 24.0 Å². The molecule has 1 aliphatic rings. The molecule has 0 fully saturated rings. The predicted molar refractivity (Wildman–Crippen MR) is 76.4 cm³/mol. The van der Waals surface area contributed by atoms with E-state index >= 15 is 0 Å². The minimum atomic E-state index is -0.479. The number of hydrogen-bond donors (Lipinski definition) is 2. The van der Waals surface area contributed by atoms with Crippen LogP contribution < -0.4 is 20.7 Å². The van der Waals surface area contributed by atoms with E-state index in [-0.39, 0.29) is 11.4 Å². The largest absolute Gasteiger partial charge is 0.479 e. The summed E-state index contributed by atoms with van der Waals surface area (Å²) in [6.45, 7) is 6.49. The summed E-state index contributed by atoms with van der Waals surface area (Å²) in [5.74, 6) is 0.656. The van der Waals surface area contributed by atoms with Crippen LogP contribution in [0.25, 0.3) is 0 Å². The van der Waals surface area contributed by atoms with Crippen LogP contribution in [0.4, 0.5) is 11.4 Å². The number of amides is 1. The fourth-order valence-electron chi connectivity index (χ4n) is 2.49.